The van der Waals surface area contributed by atoms with Crippen molar-refractivity contribution in [1.29, 1.82) is 0 Å². The Morgan fingerprint density at radius 3 is 2.53 bits per heavy atom. The molecule has 1 aliphatic carbocycles. The van der Waals surface area contributed by atoms with Crippen LogP contribution in [0.4, 0.5) is 0 Å². The van der Waals surface area contributed by atoms with E-state index in [9.17, 15) is 4.79 Å². The second-order valence-corrected chi connectivity index (χ2v) is 5.72. The third-order valence-electron chi connectivity index (χ3n) is 2.97. The SMILES string of the molecule is CC(C)(C)OC(=O)C1CCCC2(CC2)O1. The Hall–Kier alpha value is -0.570. The van der Waals surface area contributed by atoms with Gasteiger partial charge in [-0.15, -0.1) is 0 Å². The Bertz CT molecular complexity index is 261. The number of carbonyl (C=O) groups is 1. The Morgan fingerprint density at radius 2 is 2.00 bits per heavy atom. The molecule has 0 aromatic rings. The fourth-order valence-electron chi connectivity index (χ4n) is 2.07. The lowest BCUT2D eigenvalue weighted by Crippen LogP contribution is -2.39. The summed E-state index contributed by atoms with van der Waals surface area (Å²) in [6.45, 7) is 5.67. The molecule has 3 nitrogen and oxygen atoms in total. The lowest BCUT2D eigenvalue weighted by Gasteiger charge is -2.31. The molecule has 1 aliphatic heterocycles. The normalized spacial score (nSPS) is 28.9. The Morgan fingerprint density at radius 1 is 1.33 bits per heavy atom. The lowest BCUT2D eigenvalue weighted by atomic mass is 10.0. The van der Waals surface area contributed by atoms with Crippen LogP contribution >= 0.6 is 0 Å². The van der Waals surface area contributed by atoms with Crippen molar-refractivity contribution in [3.8, 4) is 0 Å². The largest absolute Gasteiger partial charge is 0.458 e. The first kappa shape index (κ1) is 10.9. The number of hydrogen-bond donors (Lipinski definition) is 0. The van der Waals surface area contributed by atoms with Crippen LogP contribution in [-0.2, 0) is 14.3 Å². The first-order chi connectivity index (χ1) is 6.90. The summed E-state index contributed by atoms with van der Waals surface area (Å²) >= 11 is 0. The van der Waals surface area contributed by atoms with Crippen molar-refractivity contribution >= 4 is 5.97 Å². The summed E-state index contributed by atoms with van der Waals surface area (Å²) < 4.78 is 11.2. The molecule has 2 fully saturated rings. The summed E-state index contributed by atoms with van der Waals surface area (Å²) in [7, 11) is 0. The minimum Gasteiger partial charge on any atom is -0.458 e. The van der Waals surface area contributed by atoms with Gasteiger partial charge in [-0.1, -0.05) is 0 Å². The molecule has 0 aromatic carbocycles. The van der Waals surface area contributed by atoms with E-state index in [2.05, 4.69) is 0 Å². The Labute approximate surface area is 91.1 Å². The van der Waals surface area contributed by atoms with Gasteiger partial charge in [0, 0.05) is 0 Å². The van der Waals surface area contributed by atoms with Gasteiger partial charge in [-0.2, -0.15) is 0 Å². The molecule has 0 amide bonds. The summed E-state index contributed by atoms with van der Waals surface area (Å²) in [5, 5.41) is 0. The van der Waals surface area contributed by atoms with Crippen molar-refractivity contribution in [2.24, 2.45) is 0 Å². The minimum absolute atomic E-state index is 0.0554. The maximum atomic E-state index is 11.8. The maximum Gasteiger partial charge on any atom is 0.335 e. The third kappa shape index (κ3) is 2.71. The fourth-order valence-corrected chi connectivity index (χ4v) is 2.07. The molecule has 0 bridgehead atoms. The average molecular weight is 212 g/mol. The number of carbonyl (C=O) groups excluding carboxylic acids is 1. The predicted octanol–water partition coefficient (Wildman–Crippen LogP) is 2.43. The quantitative estimate of drug-likeness (QED) is 0.626. The third-order valence-corrected chi connectivity index (χ3v) is 2.97. The fraction of sp³-hybridized carbons (Fsp3) is 0.917. The molecule has 1 spiro atoms. The van der Waals surface area contributed by atoms with Crippen LogP contribution in [0.2, 0.25) is 0 Å². The van der Waals surface area contributed by atoms with E-state index in [-0.39, 0.29) is 17.7 Å². The van der Waals surface area contributed by atoms with E-state index in [1.54, 1.807) is 0 Å². The predicted molar refractivity (Wildman–Crippen MR) is 56.5 cm³/mol. The van der Waals surface area contributed by atoms with Gasteiger partial charge >= 0.3 is 5.97 Å². The molecule has 1 heterocycles. The van der Waals surface area contributed by atoms with Gasteiger partial charge in [-0.3, -0.25) is 0 Å². The second kappa shape index (κ2) is 3.48. The van der Waals surface area contributed by atoms with Gasteiger partial charge < -0.3 is 9.47 Å². The number of rotatable bonds is 1. The highest BCUT2D eigenvalue weighted by Gasteiger charge is 2.49. The first-order valence-corrected chi connectivity index (χ1v) is 5.81. The molecule has 0 radical (unpaired) electrons. The molecule has 1 unspecified atom stereocenters. The van der Waals surface area contributed by atoms with E-state index in [4.69, 9.17) is 9.47 Å². The van der Waals surface area contributed by atoms with Crippen LogP contribution < -0.4 is 0 Å². The minimum atomic E-state index is -0.408. The molecule has 15 heavy (non-hydrogen) atoms. The van der Waals surface area contributed by atoms with E-state index in [0.29, 0.717) is 0 Å². The van der Waals surface area contributed by atoms with Crippen molar-refractivity contribution in [3.05, 3.63) is 0 Å². The van der Waals surface area contributed by atoms with Crippen molar-refractivity contribution in [2.75, 3.05) is 0 Å². The number of hydrogen-bond acceptors (Lipinski definition) is 3. The van der Waals surface area contributed by atoms with Gasteiger partial charge in [0.25, 0.3) is 0 Å². The summed E-state index contributed by atoms with van der Waals surface area (Å²) in [6.07, 6.45) is 4.94. The molecule has 0 N–H and O–H groups in total. The van der Waals surface area contributed by atoms with Gasteiger partial charge in [-0.25, -0.2) is 4.79 Å². The average Bonchev–Trinajstić information content (AvgIpc) is 2.82. The van der Waals surface area contributed by atoms with Crippen LogP contribution in [0.1, 0.15) is 52.9 Å². The molecule has 86 valence electrons. The van der Waals surface area contributed by atoms with Crippen LogP contribution in [-0.4, -0.2) is 23.3 Å². The van der Waals surface area contributed by atoms with Gasteiger partial charge in [0.15, 0.2) is 6.10 Å². The van der Waals surface area contributed by atoms with E-state index in [1.165, 1.54) is 0 Å². The first-order valence-electron chi connectivity index (χ1n) is 5.81. The van der Waals surface area contributed by atoms with E-state index in [1.807, 2.05) is 20.8 Å². The van der Waals surface area contributed by atoms with Crippen LogP contribution in [0.25, 0.3) is 0 Å². The number of ether oxygens (including phenoxy) is 2. The molecule has 3 heteroatoms. The molecule has 1 saturated heterocycles. The highest BCUT2D eigenvalue weighted by Crippen LogP contribution is 2.48. The molecule has 0 aromatic heterocycles. The van der Waals surface area contributed by atoms with Crippen molar-refractivity contribution in [2.45, 2.75) is 70.2 Å². The maximum absolute atomic E-state index is 11.8. The molecule has 2 aliphatic rings. The van der Waals surface area contributed by atoms with Gasteiger partial charge in [0.05, 0.1) is 5.60 Å². The van der Waals surface area contributed by atoms with Crippen molar-refractivity contribution < 1.29 is 14.3 Å². The van der Waals surface area contributed by atoms with Crippen LogP contribution in [0.15, 0.2) is 0 Å². The zero-order valence-electron chi connectivity index (χ0n) is 9.84. The Kier molecular flexibility index (Phi) is 2.53. The molecule has 1 saturated carbocycles. The molecule has 1 atom stereocenters. The van der Waals surface area contributed by atoms with Gasteiger partial charge in [0.2, 0.25) is 0 Å². The van der Waals surface area contributed by atoms with Crippen LogP contribution in [0.3, 0.4) is 0 Å². The highest BCUT2D eigenvalue weighted by atomic mass is 16.6. The highest BCUT2D eigenvalue weighted by molar-refractivity contribution is 5.75. The molecular weight excluding hydrogens is 192 g/mol. The molecule has 2 rings (SSSR count). The van der Waals surface area contributed by atoms with Crippen LogP contribution in [0.5, 0.6) is 0 Å². The van der Waals surface area contributed by atoms with E-state index < -0.39 is 5.60 Å². The lowest BCUT2D eigenvalue weighted by molar-refractivity contribution is -0.179. The van der Waals surface area contributed by atoms with Gasteiger partial charge in [0.1, 0.15) is 5.60 Å². The summed E-state index contributed by atoms with van der Waals surface area (Å²) in [4.78, 5) is 11.8. The topological polar surface area (TPSA) is 35.5 Å². The standard InChI is InChI=1S/C12H20O3/c1-11(2,3)15-10(13)9-5-4-6-12(14-9)7-8-12/h9H,4-8H2,1-3H3. The van der Waals surface area contributed by atoms with E-state index in [0.717, 1.165) is 32.1 Å². The van der Waals surface area contributed by atoms with Gasteiger partial charge in [-0.05, 0) is 52.9 Å². The van der Waals surface area contributed by atoms with Crippen molar-refractivity contribution in [3.63, 3.8) is 0 Å². The van der Waals surface area contributed by atoms with Crippen LogP contribution in [0, 0.1) is 0 Å². The smallest absolute Gasteiger partial charge is 0.335 e. The summed E-state index contributed by atoms with van der Waals surface area (Å²) in [6, 6.07) is 0. The number of esters is 1. The monoisotopic (exact) mass is 212 g/mol. The summed E-state index contributed by atoms with van der Waals surface area (Å²) in [5.41, 5.74) is -0.353. The zero-order chi connectivity index (χ0) is 11.1. The second-order valence-electron chi connectivity index (χ2n) is 5.72. The van der Waals surface area contributed by atoms with E-state index >= 15 is 0 Å². The Balaban J connectivity index is 1.90. The molecular formula is C12H20O3. The summed E-state index contributed by atoms with van der Waals surface area (Å²) in [5.74, 6) is -0.187. The zero-order valence-corrected chi connectivity index (χ0v) is 9.84. The van der Waals surface area contributed by atoms with Crippen molar-refractivity contribution in [1.82, 2.24) is 0 Å².